The molecule has 5 heteroatoms. The minimum absolute atomic E-state index is 0.668. The van der Waals surface area contributed by atoms with Gasteiger partial charge < -0.3 is 5.73 Å². The van der Waals surface area contributed by atoms with Crippen LogP contribution in [-0.4, -0.2) is 17.5 Å². The molecule has 0 aliphatic carbocycles. The molecule has 0 amide bonds. The summed E-state index contributed by atoms with van der Waals surface area (Å²) in [5.41, 5.74) is 4.57. The van der Waals surface area contributed by atoms with Gasteiger partial charge in [-0.15, -0.1) is 0 Å². The number of rotatable bonds is 2. The highest BCUT2D eigenvalue weighted by Crippen LogP contribution is 2.27. The van der Waals surface area contributed by atoms with Crippen molar-refractivity contribution in [3.05, 3.63) is 0 Å². The first-order valence-electron chi connectivity index (χ1n) is 1.89. The first kappa shape index (κ1) is 8.23. The van der Waals surface area contributed by atoms with Crippen molar-refractivity contribution in [2.45, 2.75) is 11.0 Å². The maximum absolute atomic E-state index is 11.7. The zero-order valence-corrected chi connectivity index (χ0v) is 5.46. The molecule has 0 aliphatic heterocycles. The fourth-order valence-corrected chi connectivity index (χ4v) is 0.321. The second-order valence-corrected chi connectivity index (χ2v) is 2.30. The third kappa shape index (κ3) is 2.52. The van der Waals surface area contributed by atoms with Gasteiger partial charge in [0.2, 0.25) is 0 Å². The molecule has 0 aromatic heterocycles. The van der Waals surface area contributed by atoms with Gasteiger partial charge in [0.1, 0.15) is 0 Å². The highest BCUT2D eigenvalue weighted by atomic mass is 79.9. The van der Waals surface area contributed by atoms with Crippen molar-refractivity contribution in [1.29, 1.82) is 0 Å². The van der Waals surface area contributed by atoms with Crippen molar-refractivity contribution in [3.8, 4) is 0 Å². The predicted octanol–water partition coefficient (Wildman–Crippen LogP) is 1.27. The lowest BCUT2D eigenvalue weighted by atomic mass is 10.4. The molecule has 0 aliphatic rings. The summed E-state index contributed by atoms with van der Waals surface area (Å²) in [5, 5.41) is 0. The minimum atomic E-state index is -3.47. The zero-order valence-electron chi connectivity index (χ0n) is 3.87. The van der Waals surface area contributed by atoms with Gasteiger partial charge in [0, 0.05) is 6.54 Å². The quantitative estimate of drug-likeness (QED) is 0.655. The van der Waals surface area contributed by atoms with Crippen LogP contribution in [0.4, 0.5) is 13.2 Å². The molecule has 0 heterocycles. The fraction of sp³-hybridized carbons (Fsp3) is 1.00. The molecule has 2 N–H and O–H groups in total. The van der Waals surface area contributed by atoms with Crippen LogP contribution in [0, 0.1) is 0 Å². The van der Waals surface area contributed by atoms with Gasteiger partial charge in [0.05, 0.1) is 0 Å². The van der Waals surface area contributed by atoms with E-state index in [9.17, 15) is 13.2 Å². The van der Waals surface area contributed by atoms with Crippen molar-refractivity contribution in [3.63, 3.8) is 0 Å². The Hall–Kier alpha value is 0.230. The molecule has 0 radical (unpaired) electrons. The standard InChI is InChI=1S/C3H5BrF3N/c4-3(6,7)2(5)1-8/h2H,1,8H2. The lowest BCUT2D eigenvalue weighted by Crippen LogP contribution is -2.30. The molecule has 0 spiro atoms. The maximum atomic E-state index is 11.7. The van der Waals surface area contributed by atoms with E-state index in [4.69, 9.17) is 0 Å². The normalized spacial score (nSPS) is 16.1. The average Bonchev–Trinajstić information content (AvgIpc) is 1.62. The Bertz CT molecular complexity index is 71.4. The number of alkyl halides is 4. The van der Waals surface area contributed by atoms with Crippen LogP contribution in [0.3, 0.4) is 0 Å². The lowest BCUT2D eigenvalue weighted by molar-refractivity contribution is 0.0268. The summed E-state index contributed by atoms with van der Waals surface area (Å²) in [6.45, 7) is -0.668. The summed E-state index contributed by atoms with van der Waals surface area (Å²) in [6.07, 6.45) is -2.29. The van der Waals surface area contributed by atoms with Gasteiger partial charge in [0.15, 0.2) is 6.17 Å². The molecule has 0 saturated heterocycles. The van der Waals surface area contributed by atoms with E-state index >= 15 is 0 Å². The average molecular weight is 192 g/mol. The zero-order chi connectivity index (χ0) is 6.78. The molecule has 50 valence electrons. The van der Waals surface area contributed by atoms with Crippen LogP contribution < -0.4 is 5.73 Å². The summed E-state index contributed by atoms with van der Waals surface area (Å²) < 4.78 is 34.9. The van der Waals surface area contributed by atoms with Crippen molar-refractivity contribution in [2.75, 3.05) is 6.54 Å². The van der Waals surface area contributed by atoms with Crippen molar-refractivity contribution >= 4 is 15.9 Å². The van der Waals surface area contributed by atoms with E-state index in [1.165, 1.54) is 0 Å². The molecule has 1 nitrogen and oxygen atoms in total. The topological polar surface area (TPSA) is 26.0 Å². The Labute approximate surface area is 53.2 Å². The molecule has 1 unspecified atom stereocenters. The van der Waals surface area contributed by atoms with E-state index in [1.54, 1.807) is 0 Å². The Kier molecular flexibility index (Phi) is 2.76. The van der Waals surface area contributed by atoms with Crippen LogP contribution in [0.15, 0.2) is 0 Å². The summed E-state index contributed by atoms with van der Waals surface area (Å²) in [4.78, 5) is -3.47. The molecule has 0 rings (SSSR count). The Morgan fingerprint density at radius 3 is 2.00 bits per heavy atom. The molecule has 0 bridgehead atoms. The van der Waals surface area contributed by atoms with E-state index in [0.717, 1.165) is 0 Å². The Balaban J connectivity index is 3.62. The molecular weight excluding hydrogens is 187 g/mol. The number of nitrogens with two attached hydrogens (primary N) is 1. The Morgan fingerprint density at radius 2 is 2.00 bits per heavy atom. The van der Waals surface area contributed by atoms with Gasteiger partial charge in [0.25, 0.3) is 0 Å². The summed E-state index contributed by atoms with van der Waals surface area (Å²) in [5.74, 6) is 0. The second-order valence-electron chi connectivity index (χ2n) is 1.24. The van der Waals surface area contributed by atoms with Gasteiger partial charge >= 0.3 is 4.83 Å². The van der Waals surface area contributed by atoms with E-state index in [2.05, 4.69) is 5.73 Å². The number of hydrogen-bond donors (Lipinski definition) is 1. The van der Waals surface area contributed by atoms with Crippen molar-refractivity contribution in [1.82, 2.24) is 0 Å². The highest BCUT2D eigenvalue weighted by molar-refractivity contribution is 9.10. The molecule has 0 aromatic carbocycles. The van der Waals surface area contributed by atoms with Crippen LogP contribution in [0.25, 0.3) is 0 Å². The number of halogens is 4. The van der Waals surface area contributed by atoms with Gasteiger partial charge in [-0.1, -0.05) is 0 Å². The molecule has 0 aromatic rings. The SMILES string of the molecule is NCC(F)C(F)(F)Br. The third-order valence-electron chi connectivity index (χ3n) is 0.562. The van der Waals surface area contributed by atoms with E-state index in [0.29, 0.717) is 0 Å². The molecule has 0 fully saturated rings. The summed E-state index contributed by atoms with van der Waals surface area (Å²) in [7, 11) is 0. The summed E-state index contributed by atoms with van der Waals surface area (Å²) >= 11 is 1.82. The summed E-state index contributed by atoms with van der Waals surface area (Å²) in [6, 6.07) is 0. The van der Waals surface area contributed by atoms with E-state index < -0.39 is 17.5 Å². The third-order valence-corrected chi connectivity index (χ3v) is 1.06. The second kappa shape index (κ2) is 2.68. The van der Waals surface area contributed by atoms with Crippen LogP contribution in [0.2, 0.25) is 0 Å². The number of hydrogen-bond acceptors (Lipinski definition) is 1. The molecule has 8 heavy (non-hydrogen) atoms. The molecule has 1 atom stereocenters. The Morgan fingerprint density at radius 1 is 1.62 bits per heavy atom. The first-order chi connectivity index (χ1) is 3.48. The smallest absolute Gasteiger partial charge is 0.328 e. The van der Waals surface area contributed by atoms with Gasteiger partial charge in [-0.3, -0.25) is 0 Å². The van der Waals surface area contributed by atoms with Crippen molar-refractivity contribution in [2.24, 2.45) is 5.73 Å². The lowest BCUT2D eigenvalue weighted by Gasteiger charge is -2.10. The van der Waals surface area contributed by atoms with Crippen LogP contribution in [0.1, 0.15) is 0 Å². The minimum Gasteiger partial charge on any atom is -0.328 e. The largest absolute Gasteiger partial charge is 0.333 e. The highest BCUT2D eigenvalue weighted by Gasteiger charge is 2.35. The van der Waals surface area contributed by atoms with Crippen LogP contribution >= 0.6 is 15.9 Å². The van der Waals surface area contributed by atoms with Gasteiger partial charge in [-0.2, -0.15) is 8.78 Å². The van der Waals surface area contributed by atoms with Crippen LogP contribution in [0.5, 0.6) is 0 Å². The van der Waals surface area contributed by atoms with E-state index in [1.807, 2.05) is 15.9 Å². The van der Waals surface area contributed by atoms with Gasteiger partial charge in [-0.05, 0) is 15.9 Å². The maximum Gasteiger partial charge on any atom is 0.333 e. The molecule has 0 saturated carbocycles. The van der Waals surface area contributed by atoms with Gasteiger partial charge in [-0.25, -0.2) is 4.39 Å². The van der Waals surface area contributed by atoms with Crippen molar-refractivity contribution < 1.29 is 13.2 Å². The molecular formula is C3H5BrF3N. The predicted molar refractivity (Wildman–Crippen MR) is 27.8 cm³/mol. The fourth-order valence-electron chi connectivity index (χ4n) is 0.134. The monoisotopic (exact) mass is 191 g/mol. The first-order valence-corrected chi connectivity index (χ1v) is 2.68. The van der Waals surface area contributed by atoms with Crippen LogP contribution in [-0.2, 0) is 0 Å². The van der Waals surface area contributed by atoms with E-state index in [-0.39, 0.29) is 0 Å².